The van der Waals surface area contributed by atoms with Gasteiger partial charge in [0.2, 0.25) is 0 Å². The monoisotopic (exact) mass is 217 g/mol. The molecule has 1 aromatic heterocycles. The Hall–Kier alpha value is -1.97. The van der Waals surface area contributed by atoms with Crippen LogP contribution in [-0.2, 0) is 6.54 Å². The van der Waals surface area contributed by atoms with Crippen LogP contribution in [0.2, 0.25) is 0 Å². The minimum atomic E-state index is 0.694. The number of hydrogen-bond donors (Lipinski definition) is 2. The van der Waals surface area contributed by atoms with Gasteiger partial charge in [0.05, 0.1) is 13.2 Å². The van der Waals surface area contributed by atoms with Crippen LogP contribution in [0.4, 0.5) is 5.69 Å². The van der Waals surface area contributed by atoms with Gasteiger partial charge in [-0.25, -0.2) is 4.98 Å². The van der Waals surface area contributed by atoms with E-state index in [9.17, 15) is 0 Å². The average molecular weight is 217 g/mol. The highest BCUT2D eigenvalue weighted by molar-refractivity contribution is 5.46. The molecular weight excluding hydrogens is 202 g/mol. The van der Waals surface area contributed by atoms with Crippen molar-refractivity contribution in [3.63, 3.8) is 0 Å². The number of benzene rings is 1. The van der Waals surface area contributed by atoms with E-state index in [1.807, 2.05) is 37.4 Å². The zero-order valence-corrected chi connectivity index (χ0v) is 9.23. The molecule has 0 aliphatic rings. The Morgan fingerprint density at radius 3 is 2.75 bits per heavy atom. The number of nitrogens with one attached hydrogen (secondary N) is 2. The summed E-state index contributed by atoms with van der Waals surface area (Å²) >= 11 is 0. The van der Waals surface area contributed by atoms with Crippen molar-refractivity contribution in [2.24, 2.45) is 0 Å². The van der Waals surface area contributed by atoms with Crippen LogP contribution in [0.25, 0.3) is 0 Å². The van der Waals surface area contributed by atoms with Crippen molar-refractivity contribution in [1.82, 2.24) is 9.97 Å². The molecule has 4 heteroatoms. The van der Waals surface area contributed by atoms with E-state index in [0.717, 1.165) is 17.3 Å². The zero-order chi connectivity index (χ0) is 11.2. The molecule has 0 unspecified atom stereocenters. The molecule has 2 rings (SSSR count). The molecule has 1 heterocycles. The van der Waals surface area contributed by atoms with Crippen molar-refractivity contribution in [2.45, 2.75) is 13.5 Å². The van der Waals surface area contributed by atoms with Gasteiger partial charge in [-0.1, -0.05) is 0 Å². The normalized spacial score (nSPS) is 10.1. The fraction of sp³-hybridized carbons (Fsp3) is 0.250. The lowest BCUT2D eigenvalue weighted by Crippen LogP contribution is -2.01. The maximum atomic E-state index is 5.36. The summed E-state index contributed by atoms with van der Waals surface area (Å²) in [5, 5.41) is 3.27. The number of imidazole rings is 1. The number of anilines is 1. The van der Waals surface area contributed by atoms with Gasteiger partial charge < -0.3 is 15.0 Å². The molecule has 0 spiro atoms. The Morgan fingerprint density at radius 1 is 1.31 bits per heavy atom. The first-order valence-electron chi connectivity index (χ1n) is 5.33. The quantitative estimate of drug-likeness (QED) is 0.808. The van der Waals surface area contributed by atoms with Crippen molar-refractivity contribution in [2.75, 3.05) is 11.9 Å². The van der Waals surface area contributed by atoms with Gasteiger partial charge in [-0.05, 0) is 31.2 Å². The number of rotatable bonds is 5. The van der Waals surface area contributed by atoms with Crippen molar-refractivity contribution in [1.29, 1.82) is 0 Å². The van der Waals surface area contributed by atoms with Crippen molar-refractivity contribution in [3.8, 4) is 5.75 Å². The lowest BCUT2D eigenvalue weighted by atomic mass is 10.3. The van der Waals surface area contributed by atoms with Crippen LogP contribution in [0.5, 0.6) is 5.75 Å². The molecule has 0 aliphatic carbocycles. The van der Waals surface area contributed by atoms with E-state index in [-0.39, 0.29) is 0 Å². The van der Waals surface area contributed by atoms with Gasteiger partial charge in [0.15, 0.2) is 0 Å². The standard InChI is InChI=1S/C12H15N3O/c1-2-16-11-5-3-10(4-6-11)15-9-12-13-7-8-14-12/h3-8,15H,2,9H2,1H3,(H,13,14). The third-order valence-electron chi connectivity index (χ3n) is 2.18. The van der Waals surface area contributed by atoms with E-state index in [1.165, 1.54) is 0 Å². The van der Waals surface area contributed by atoms with Crippen molar-refractivity contribution < 1.29 is 4.74 Å². The molecule has 2 aromatic rings. The van der Waals surface area contributed by atoms with Gasteiger partial charge in [-0.2, -0.15) is 0 Å². The summed E-state index contributed by atoms with van der Waals surface area (Å²) < 4.78 is 5.36. The molecule has 0 atom stereocenters. The van der Waals surface area contributed by atoms with E-state index in [0.29, 0.717) is 13.2 Å². The highest BCUT2D eigenvalue weighted by Crippen LogP contribution is 2.15. The second-order valence-corrected chi connectivity index (χ2v) is 3.35. The van der Waals surface area contributed by atoms with Crippen molar-refractivity contribution >= 4 is 5.69 Å². The largest absolute Gasteiger partial charge is 0.494 e. The molecule has 0 saturated heterocycles. The molecule has 2 N–H and O–H groups in total. The number of ether oxygens (including phenoxy) is 1. The molecule has 0 amide bonds. The minimum absolute atomic E-state index is 0.694. The van der Waals surface area contributed by atoms with E-state index in [2.05, 4.69) is 15.3 Å². The molecule has 0 bridgehead atoms. The summed E-state index contributed by atoms with van der Waals surface area (Å²) in [5.41, 5.74) is 1.06. The summed E-state index contributed by atoms with van der Waals surface area (Å²) in [6, 6.07) is 7.89. The Balaban J connectivity index is 1.90. The van der Waals surface area contributed by atoms with Crippen LogP contribution in [0.1, 0.15) is 12.7 Å². The predicted octanol–water partition coefficient (Wildman–Crippen LogP) is 2.42. The molecule has 0 fully saturated rings. The van der Waals surface area contributed by atoms with E-state index < -0.39 is 0 Å². The predicted molar refractivity (Wildman–Crippen MR) is 63.5 cm³/mol. The third kappa shape index (κ3) is 2.76. The maximum absolute atomic E-state index is 5.36. The number of aromatic amines is 1. The van der Waals surface area contributed by atoms with Gasteiger partial charge in [-0.15, -0.1) is 0 Å². The molecule has 0 saturated carbocycles. The molecule has 4 nitrogen and oxygen atoms in total. The molecule has 1 aromatic carbocycles. The number of hydrogen-bond acceptors (Lipinski definition) is 3. The molecular formula is C12H15N3O. The molecule has 84 valence electrons. The zero-order valence-electron chi connectivity index (χ0n) is 9.23. The number of aromatic nitrogens is 2. The summed E-state index contributed by atoms with van der Waals surface area (Å²) in [4.78, 5) is 7.18. The Kier molecular flexibility index (Phi) is 3.43. The highest BCUT2D eigenvalue weighted by Gasteiger charge is 1.96. The minimum Gasteiger partial charge on any atom is -0.494 e. The third-order valence-corrected chi connectivity index (χ3v) is 2.18. The van der Waals surface area contributed by atoms with Gasteiger partial charge in [-0.3, -0.25) is 0 Å². The first-order valence-corrected chi connectivity index (χ1v) is 5.33. The molecule has 0 aliphatic heterocycles. The Bertz CT molecular complexity index is 408. The first-order chi connectivity index (χ1) is 7.88. The van der Waals surface area contributed by atoms with Crippen LogP contribution < -0.4 is 10.1 Å². The van der Waals surface area contributed by atoms with Crippen LogP contribution in [0, 0.1) is 0 Å². The Labute approximate surface area is 94.7 Å². The second kappa shape index (κ2) is 5.21. The van der Waals surface area contributed by atoms with Gasteiger partial charge in [0.1, 0.15) is 11.6 Å². The van der Waals surface area contributed by atoms with Gasteiger partial charge >= 0.3 is 0 Å². The maximum Gasteiger partial charge on any atom is 0.125 e. The average Bonchev–Trinajstić information content (AvgIpc) is 2.82. The fourth-order valence-corrected chi connectivity index (χ4v) is 1.42. The van der Waals surface area contributed by atoms with E-state index in [4.69, 9.17) is 4.74 Å². The molecule has 0 radical (unpaired) electrons. The lowest BCUT2D eigenvalue weighted by molar-refractivity contribution is 0.340. The Morgan fingerprint density at radius 2 is 2.12 bits per heavy atom. The SMILES string of the molecule is CCOc1ccc(NCc2ncc[nH]2)cc1. The van der Waals surface area contributed by atoms with Crippen LogP contribution in [0.3, 0.4) is 0 Å². The fourth-order valence-electron chi connectivity index (χ4n) is 1.42. The van der Waals surface area contributed by atoms with E-state index in [1.54, 1.807) is 6.20 Å². The van der Waals surface area contributed by atoms with Crippen LogP contribution in [0.15, 0.2) is 36.7 Å². The molecule has 16 heavy (non-hydrogen) atoms. The second-order valence-electron chi connectivity index (χ2n) is 3.35. The summed E-state index contributed by atoms with van der Waals surface area (Å²) in [7, 11) is 0. The van der Waals surface area contributed by atoms with E-state index >= 15 is 0 Å². The van der Waals surface area contributed by atoms with Gasteiger partial charge in [0, 0.05) is 18.1 Å². The summed E-state index contributed by atoms with van der Waals surface area (Å²) in [6.45, 7) is 3.36. The van der Waals surface area contributed by atoms with Crippen LogP contribution in [-0.4, -0.2) is 16.6 Å². The number of nitrogens with zero attached hydrogens (tertiary/aromatic N) is 1. The highest BCUT2D eigenvalue weighted by atomic mass is 16.5. The summed E-state index contributed by atoms with van der Waals surface area (Å²) in [6.07, 6.45) is 3.56. The lowest BCUT2D eigenvalue weighted by Gasteiger charge is -2.06. The topological polar surface area (TPSA) is 49.9 Å². The summed E-state index contributed by atoms with van der Waals surface area (Å²) in [5.74, 6) is 1.82. The number of H-pyrrole nitrogens is 1. The van der Waals surface area contributed by atoms with Crippen molar-refractivity contribution in [3.05, 3.63) is 42.5 Å². The first kappa shape index (κ1) is 10.5. The van der Waals surface area contributed by atoms with Gasteiger partial charge in [0.25, 0.3) is 0 Å². The smallest absolute Gasteiger partial charge is 0.125 e. The van der Waals surface area contributed by atoms with Crippen LogP contribution >= 0.6 is 0 Å².